The highest BCUT2D eigenvalue weighted by atomic mass is 32.2. The Hall–Kier alpha value is -3.72. The molecule has 9 heteroatoms. The molecule has 0 spiro atoms. The molecule has 31 heavy (non-hydrogen) atoms. The number of urea groups is 1. The van der Waals surface area contributed by atoms with E-state index >= 15 is 0 Å². The monoisotopic (exact) mass is 438 g/mol. The van der Waals surface area contributed by atoms with Crippen molar-refractivity contribution in [2.24, 2.45) is 0 Å². The summed E-state index contributed by atoms with van der Waals surface area (Å²) in [6.45, 7) is 2.57. The van der Waals surface area contributed by atoms with Gasteiger partial charge < -0.3 is 16.0 Å². The molecule has 0 fully saturated rings. The minimum absolute atomic E-state index is 0.0204. The highest BCUT2D eigenvalue weighted by molar-refractivity contribution is 7.91. The highest BCUT2D eigenvalue weighted by Gasteiger charge is 2.19. The van der Waals surface area contributed by atoms with Crippen LogP contribution in [0.2, 0.25) is 0 Å². The van der Waals surface area contributed by atoms with Crippen molar-refractivity contribution in [3.8, 4) is 0 Å². The predicted molar refractivity (Wildman–Crippen MR) is 116 cm³/mol. The molecule has 0 saturated heterocycles. The first kappa shape index (κ1) is 22.0. The van der Waals surface area contributed by atoms with Gasteiger partial charge >= 0.3 is 6.03 Å². The molecule has 3 aromatic rings. The smallest absolute Gasteiger partial charge is 0.319 e. The number of nitrogens with zero attached hydrogens (tertiary/aromatic N) is 1. The third kappa shape index (κ3) is 5.67. The lowest BCUT2D eigenvalue weighted by Gasteiger charge is -2.10. The molecule has 0 aliphatic rings. The van der Waals surface area contributed by atoms with E-state index in [0.29, 0.717) is 18.8 Å². The Morgan fingerprint density at radius 2 is 1.61 bits per heavy atom. The van der Waals surface area contributed by atoms with Gasteiger partial charge in [0.1, 0.15) is 0 Å². The van der Waals surface area contributed by atoms with Crippen molar-refractivity contribution >= 4 is 27.5 Å². The van der Waals surface area contributed by atoms with Gasteiger partial charge in [-0.2, -0.15) is 0 Å². The van der Waals surface area contributed by atoms with E-state index in [1.807, 2.05) is 0 Å². The van der Waals surface area contributed by atoms with Crippen LogP contribution in [0.25, 0.3) is 0 Å². The normalized spacial score (nSPS) is 10.9. The van der Waals surface area contributed by atoms with Crippen molar-refractivity contribution in [1.29, 1.82) is 0 Å². The molecule has 0 saturated carbocycles. The summed E-state index contributed by atoms with van der Waals surface area (Å²) in [5.41, 5.74) is 1.62. The van der Waals surface area contributed by atoms with E-state index < -0.39 is 15.9 Å². The van der Waals surface area contributed by atoms with E-state index in [-0.39, 0.29) is 21.3 Å². The van der Waals surface area contributed by atoms with Crippen LogP contribution in [-0.2, 0) is 16.4 Å². The summed E-state index contributed by atoms with van der Waals surface area (Å²) in [6, 6.07) is 14.9. The zero-order chi connectivity index (χ0) is 22.3. The maximum absolute atomic E-state index is 12.9. The Kier molecular flexibility index (Phi) is 6.99. The molecule has 160 valence electrons. The second-order valence-electron chi connectivity index (χ2n) is 6.58. The zero-order valence-electron chi connectivity index (χ0n) is 16.8. The number of hydrogen-bond donors (Lipinski definition) is 3. The molecule has 0 aliphatic heterocycles. The topological polar surface area (TPSA) is 117 Å². The molecule has 3 amide bonds. The molecule has 3 N–H and O–H groups in total. The number of carbonyl (C=O) groups is 2. The number of pyridine rings is 1. The Morgan fingerprint density at radius 3 is 2.29 bits per heavy atom. The minimum atomic E-state index is -3.82. The fourth-order valence-corrected chi connectivity index (χ4v) is 4.09. The molecule has 0 bridgehead atoms. The number of anilines is 1. The molecular formula is C22H22N4O4S. The van der Waals surface area contributed by atoms with Gasteiger partial charge in [-0.15, -0.1) is 0 Å². The number of carbonyl (C=O) groups excluding carboxylic acids is 2. The number of sulfone groups is 1. The average Bonchev–Trinajstić information content (AvgIpc) is 2.79. The number of amides is 3. The predicted octanol–water partition coefficient (Wildman–Crippen LogP) is 2.99. The fourth-order valence-electron chi connectivity index (χ4n) is 2.78. The van der Waals surface area contributed by atoms with Crippen molar-refractivity contribution in [2.75, 3.05) is 11.9 Å². The summed E-state index contributed by atoms with van der Waals surface area (Å²) in [5, 5.41) is 8.01. The van der Waals surface area contributed by atoms with Crippen molar-refractivity contribution in [3.05, 3.63) is 84.2 Å². The zero-order valence-corrected chi connectivity index (χ0v) is 17.6. The quantitative estimate of drug-likeness (QED) is 0.524. The summed E-state index contributed by atoms with van der Waals surface area (Å²) < 4.78 is 25.8. The fraction of sp³-hybridized carbons (Fsp3) is 0.136. The van der Waals surface area contributed by atoms with Gasteiger partial charge in [-0.05, 0) is 67.1 Å². The molecular weight excluding hydrogens is 416 g/mol. The SMILES string of the molecule is CCNC(=O)c1cccc(S(=O)(=O)c2ccc(NC(=O)NCc3ccncc3)cc2)c1. The summed E-state index contributed by atoms with van der Waals surface area (Å²) in [4.78, 5) is 28.0. The number of hydrogen-bond acceptors (Lipinski definition) is 5. The number of aromatic nitrogens is 1. The van der Waals surface area contributed by atoms with Crippen LogP contribution in [0.5, 0.6) is 0 Å². The first-order valence-electron chi connectivity index (χ1n) is 9.57. The molecule has 3 rings (SSSR count). The molecule has 0 atom stereocenters. The lowest BCUT2D eigenvalue weighted by molar-refractivity contribution is 0.0955. The van der Waals surface area contributed by atoms with Crippen LogP contribution >= 0.6 is 0 Å². The van der Waals surface area contributed by atoms with Crippen LogP contribution in [0.1, 0.15) is 22.8 Å². The molecule has 0 radical (unpaired) electrons. The van der Waals surface area contributed by atoms with E-state index in [1.54, 1.807) is 37.5 Å². The first-order valence-corrected chi connectivity index (χ1v) is 11.1. The lowest BCUT2D eigenvalue weighted by Crippen LogP contribution is -2.28. The minimum Gasteiger partial charge on any atom is -0.352 e. The van der Waals surface area contributed by atoms with Crippen LogP contribution in [0.3, 0.4) is 0 Å². The van der Waals surface area contributed by atoms with Gasteiger partial charge in [0.25, 0.3) is 5.91 Å². The molecule has 1 aromatic heterocycles. The standard InChI is InChI=1S/C22H22N4O4S/c1-2-24-21(27)17-4-3-5-20(14-17)31(29,30)19-8-6-18(7-9-19)26-22(28)25-15-16-10-12-23-13-11-16/h3-14H,2,15H2,1H3,(H,24,27)(H2,25,26,28). The van der Waals surface area contributed by atoms with Crippen LogP contribution < -0.4 is 16.0 Å². The summed E-state index contributed by atoms with van der Waals surface area (Å²) in [6.07, 6.45) is 3.28. The van der Waals surface area contributed by atoms with E-state index in [0.717, 1.165) is 5.56 Å². The third-order valence-corrected chi connectivity index (χ3v) is 6.14. The summed E-state index contributed by atoms with van der Waals surface area (Å²) >= 11 is 0. The van der Waals surface area contributed by atoms with Gasteiger partial charge in [0.05, 0.1) is 9.79 Å². The van der Waals surface area contributed by atoms with Gasteiger partial charge in [0, 0.05) is 36.7 Å². The Morgan fingerprint density at radius 1 is 0.903 bits per heavy atom. The Balaban J connectivity index is 1.68. The van der Waals surface area contributed by atoms with Gasteiger partial charge in [-0.3, -0.25) is 9.78 Å². The largest absolute Gasteiger partial charge is 0.352 e. The maximum Gasteiger partial charge on any atom is 0.319 e. The summed E-state index contributed by atoms with van der Waals surface area (Å²) in [5.74, 6) is -0.336. The van der Waals surface area contributed by atoms with Crippen molar-refractivity contribution < 1.29 is 18.0 Å². The second kappa shape index (κ2) is 9.86. The highest BCUT2D eigenvalue weighted by Crippen LogP contribution is 2.23. The van der Waals surface area contributed by atoms with Gasteiger partial charge in [-0.25, -0.2) is 13.2 Å². The number of nitrogens with one attached hydrogen (secondary N) is 3. The van der Waals surface area contributed by atoms with Crippen molar-refractivity contribution in [3.63, 3.8) is 0 Å². The van der Waals surface area contributed by atoms with Gasteiger partial charge in [0.2, 0.25) is 9.84 Å². The first-order chi connectivity index (χ1) is 14.9. The van der Waals surface area contributed by atoms with E-state index in [2.05, 4.69) is 20.9 Å². The van der Waals surface area contributed by atoms with E-state index in [9.17, 15) is 18.0 Å². The average molecular weight is 439 g/mol. The maximum atomic E-state index is 12.9. The van der Waals surface area contributed by atoms with E-state index in [4.69, 9.17) is 0 Å². The Bertz CT molecular complexity index is 1160. The number of rotatable bonds is 7. The Labute approximate surface area is 180 Å². The van der Waals surface area contributed by atoms with Crippen molar-refractivity contribution in [1.82, 2.24) is 15.6 Å². The van der Waals surface area contributed by atoms with Crippen LogP contribution in [0.15, 0.2) is 82.8 Å². The lowest BCUT2D eigenvalue weighted by atomic mass is 10.2. The van der Waals surface area contributed by atoms with Crippen LogP contribution in [0.4, 0.5) is 10.5 Å². The van der Waals surface area contributed by atoms with Gasteiger partial charge in [0.15, 0.2) is 0 Å². The number of benzene rings is 2. The second-order valence-corrected chi connectivity index (χ2v) is 8.53. The molecule has 8 nitrogen and oxygen atoms in total. The molecule has 0 aliphatic carbocycles. The molecule has 1 heterocycles. The van der Waals surface area contributed by atoms with E-state index in [1.165, 1.54) is 42.5 Å². The molecule has 0 unspecified atom stereocenters. The molecule has 2 aromatic carbocycles. The van der Waals surface area contributed by atoms with Crippen LogP contribution in [-0.4, -0.2) is 31.9 Å². The van der Waals surface area contributed by atoms with Gasteiger partial charge in [-0.1, -0.05) is 6.07 Å². The van der Waals surface area contributed by atoms with Crippen molar-refractivity contribution in [2.45, 2.75) is 23.3 Å². The third-order valence-electron chi connectivity index (χ3n) is 4.37. The van der Waals surface area contributed by atoms with Crippen LogP contribution in [0, 0.1) is 0 Å². The summed E-state index contributed by atoms with van der Waals surface area (Å²) in [7, 11) is -3.82.